The van der Waals surface area contributed by atoms with Crippen molar-refractivity contribution in [1.29, 1.82) is 0 Å². The molecule has 2 nitrogen and oxygen atoms in total. The topological polar surface area (TPSA) is 29.1 Å². The van der Waals surface area contributed by atoms with E-state index in [0.717, 1.165) is 23.7 Å². The van der Waals surface area contributed by atoms with Crippen molar-refractivity contribution < 1.29 is 9.18 Å². The average Bonchev–Trinajstić information content (AvgIpc) is 2.81. The third kappa shape index (κ3) is 1.63. The Hall–Kier alpha value is -1.38. The zero-order valence-corrected chi connectivity index (χ0v) is 11.0. The van der Waals surface area contributed by atoms with Crippen LogP contribution in [-0.2, 0) is 0 Å². The second-order valence-corrected chi connectivity index (χ2v) is 6.45. The second-order valence-electron chi connectivity index (χ2n) is 6.45. The number of hydrogen-bond donors (Lipinski definition) is 1. The van der Waals surface area contributed by atoms with E-state index in [1.54, 1.807) is 19.1 Å². The predicted molar refractivity (Wildman–Crippen MR) is 70.2 cm³/mol. The van der Waals surface area contributed by atoms with Crippen LogP contribution in [0, 0.1) is 36.4 Å². The lowest BCUT2D eigenvalue weighted by Crippen LogP contribution is -2.30. The summed E-state index contributed by atoms with van der Waals surface area (Å²) >= 11 is 0. The van der Waals surface area contributed by atoms with Crippen molar-refractivity contribution in [1.82, 2.24) is 5.32 Å². The van der Waals surface area contributed by atoms with Gasteiger partial charge in [0.05, 0.1) is 0 Å². The van der Waals surface area contributed by atoms with Crippen molar-refractivity contribution in [2.75, 3.05) is 0 Å². The van der Waals surface area contributed by atoms with E-state index < -0.39 is 0 Å². The summed E-state index contributed by atoms with van der Waals surface area (Å²) in [4.78, 5) is 12.2. The molecular weight excluding hydrogens is 241 g/mol. The van der Waals surface area contributed by atoms with Crippen LogP contribution in [0.5, 0.6) is 0 Å². The first-order chi connectivity index (χ1) is 9.15. The van der Waals surface area contributed by atoms with Crippen molar-refractivity contribution in [3.63, 3.8) is 0 Å². The Morgan fingerprint density at radius 3 is 2.58 bits per heavy atom. The van der Waals surface area contributed by atoms with Gasteiger partial charge in [-0.3, -0.25) is 4.79 Å². The van der Waals surface area contributed by atoms with Crippen LogP contribution in [0.4, 0.5) is 4.39 Å². The van der Waals surface area contributed by atoms with Crippen LogP contribution in [0.3, 0.4) is 0 Å². The standard InChI is InChI=1S/C16H18FNO/c1-8-6-11(4-5-12(8)17)16(19)18-15-13-9-2-3-10(7-9)14(13)15/h4-6,9-10,13-15H,2-3,7H2,1H3,(H,18,19). The van der Waals surface area contributed by atoms with Gasteiger partial charge in [-0.2, -0.15) is 0 Å². The van der Waals surface area contributed by atoms with Crippen molar-refractivity contribution >= 4 is 5.91 Å². The Morgan fingerprint density at radius 1 is 1.26 bits per heavy atom. The maximum absolute atomic E-state index is 13.2. The average molecular weight is 259 g/mol. The molecule has 0 spiro atoms. The lowest BCUT2D eigenvalue weighted by Gasteiger charge is -2.11. The van der Waals surface area contributed by atoms with E-state index in [9.17, 15) is 9.18 Å². The first-order valence-electron chi connectivity index (χ1n) is 7.22. The van der Waals surface area contributed by atoms with Crippen LogP contribution in [-0.4, -0.2) is 11.9 Å². The third-order valence-electron chi connectivity index (χ3n) is 5.45. The molecule has 3 aliphatic rings. The lowest BCUT2D eigenvalue weighted by atomic mass is 10.0. The number of carbonyl (C=O) groups excluding carboxylic acids is 1. The molecule has 100 valence electrons. The molecular formula is C16H18FNO. The normalized spacial score (nSPS) is 38.1. The van der Waals surface area contributed by atoms with Crippen LogP contribution >= 0.6 is 0 Å². The smallest absolute Gasteiger partial charge is 0.251 e. The molecule has 1 amide bonds. The monoisotopic (exact) mass is 259 g/mol. The summed E-state index contributed by atoms with van der Waals surface area (Å²) in [6.07, 6.45) is 4.10. The van der Waals surface area contributed by atoms with Gasteiger partial charge in [0.2, 0.25) is 0 Å². The Labute approximate surface area is 112 Å². The fraction of sp³-hybridized carbons (Fsp3) is 0.562. The van der Waals surface area contributed by atoms with Gasteiger partial charge in [0, 0.05) is 11.6 Å². The van der Waals surface area contributed by atoms with E-state index in [1.165, 1.54) is 25.3 Å². The maximum Gasteiger partial charge on any atom is 0.251 e. The molecule has 0 aromatic heterocycles. The molecule has 1 N–H and O–H groups in total. The predicted octanol–water partition coefficient (Wildman–Crippen LogP) is 2.91. The fourth-order valence-corrected chi connectivity index (χ4v) is 4.54. The van der Waals surface area contributed by atoms with Crippen molar-refractivity contribution in [3.8, 4) is 0 Å². The van der Waals surface area contributed by atoms with E-state index in [-0.39, 0.29) is 11.7 Å². The molecule has 3 saturated carbocycles. The highest BCUT2D eigenvalue weighted by Gasteiger charge is 2.65. The van der Waals surface area contributed by atoms with E-state index in [2.05, 4.69) is 5.32 Å². The molecule has 2 bridgehead atoms. The maximum atomic E-state index is 13.2. The van der Waals surface area contributed by atoms with Gasteiger partial charge in [-0.25, -0.2) is 4.39 Å². The Morgan fingerprint density at radius 2 is 1.95 bits per heavy atom. The highest BCUT2D eigenvalue weighted by molar-refractivity contribution is 5.94. The summed E-state index contributed by atoms with van der Waals surface area (Å²) in [6, 6.07) is 4.98. The summed E-state index contributed by atoms with van der Waals surface area (Å²) in [5.74, 6) is 2.90. The number of halogens is 1. The summed E-state index contributed by atoms with van der Waals surface area (Å²) in [7, 11) is 0. The number of carbonyl (C=O) groups is 1. The first-order valence-corrected chi connectivity index (χ1v) is 7.22. The molecule has 1 aromatic rings. The second kappa shape index (κ2) is 3.81. The quantitative estimate of drug-likeness (QED) is 0.869. The molecule has 0 aliphatic heterocycles. The highest BCUT2D eigenvalue weighted by atomic mass is 19.1. The van der Waals surface area contributed by atoms with Crippen molar-refractivity contribution in [2.24, 2.45) is 23.7 Å². The first kappa shape index (κ1) is 11.4. The van der Waals surface area contributed by atoms with Gasteiger partial charge in [-0.05, 0) is 73.6 Å². The molecule has 0 heterocycles. The number of amides is 1. The molecule has 0 saturated heterocycles. The number of rotatable bonds is 2. The Kier molecular flexibility index (Phi) is 2.30. The highest BCUT2D eigenvalue weighted by Crippen LogP contribution is 2.65. The minimum Gasteiger partial charge on any atom is -0.349 e. The minimum atomic E-state index is -0.252. The van der Waals surface area contributed by atoms with Gasteiger partial charge in [-0.1, -0.05) is 0 Å². The molecule has 4 atom stereocenters. The fourth-order valence-electron chi connectivity index (χ4n) is 4.54. The largest absolute Gasteiger partial charge is 0.349 e. The van der Waals surface area contributed by atoms with Gasteiger partial charge < -0.3 is 5.32 Å². The Bertz CT molecular complexity index is 540. The molecule has 4 unspecified atom stereocenters. The van der Waals surface area contributed by atoms with Crippen molar-refractivity contribution in [2.45, 2.75) is 32.2 Å². The summed E-state index contributed by atoms with van der Waals surface area (Å²) in [5, 5.41) is 3.16. The van der Waals surface area contributed by atoms with E-state index in [1.807, 2.05) is 0 Å². The summed E-state index contributed by atoms with van der Waals surface area (Å²) < 4.78 is 13.2. The molecule has 4 rings (SSSR count). The van der Waals surface area contributed by atoms with Gasteiger partial charge in [-0.15, -0.1) is 0 Å². The number of fused-ring (bicyclic) bond motifs is 5. The number of aryl methyl sites for hydroxylation is 1. The minimum absolute atomic E-state index is 0.0399. The van der Waals surface area contributed by atoms with Gasteiger partial charge in [0.15, 0.2) is 0 Å². The molecule has 0 radical (unpaired) electrons. The van der Waals surface area contributed by atoms with Gasteiger partial charge in [0.25, 0.3) is 5.91 Å². The zero-order valence-electron chi connectivity index (χ0n) is 11.0. The molecule has 3 aliphatic carbocycles. The zero-order chi connectivity index (χ0) is 13.1. The number of benzene rings is 1. The van der Waals surface area contributed by atoms with Crippen LogP contribution in [0.15, 0.2) is 18.2 Å². The van der Waals surface area contributed by atoms with E-state index in [0.29, 0.717) is 17.2 Å². The third-order valence-corrected chi connectivity index (χ3v) is 5.45. The number of nitrogens with one attached hydrogen (secondary N) is 1. The van der Waals surface area contributed by atoms with Crippen LogP contribution in [0.1, 0.15) is 35.2 Å². The van der Waals surface area contributed by atoms with Crippen LogP contribution in [0.2, 0.25) is 0 Å². The van der Waals surface area contributed by atoms with Gasteiger partial charge >= 0.3 is 0 Å². The number of hydrogen-bond acceptors (Lipinski definition) is 1. The molecule has 3 heteroatoms. The summed E-state index contributed by atoms with van der Waals surface area (Å²) in [6.45, 7) is 1.69. The van der Waals surface area contributed by atoms with E-state index >= 15 is 0 Å². The molecule has 1 aromatic carbocycles. The van der Waals surface area contributed by atoms with Crippen LogP contribution < -0.4 is 5.32 Å². The summed E-state index contributed by atoms with van der Waals surface area (Å²) in [5.41, 5.74) is 1.11. The van der Waals surface area contributed by atoms with E-state index in [4.69, 9.17) is 0 Å². The van der Waals surface area contributed by atoms with Crippen LogP contribution in [0.25, 0.3) is 0 Å². The van der Waals surface area contributed by atoms with Gasteiger partial charge in [0.1, 0.15) is 5.82 Å². The SMILES string of the molecule is Cc1cc(C(=O)NC2C3C4CCC(C4)C23)ccc1F. The molecule has 3 fully saturated rings. The lowest BCUT2D eigenvalue weighted by molar-refractivity contribution is 0.0944. The Balaban J connectivity index is 1.46. The molecule has 19 heavy (non-hydrogen) atoms. The van der Waals surface area contributed by atoms with Crippen molar-refractivity contribution in [3.05, 3.63) is 35.1 Å².